The fraction of sp³-hybridized carbons (Fsp3) is 0.500. The maximum absolute atomic E-state index is 12.6. The Kier molecular flexibility index (Phi) is 2.93. The minimum absolute atomic E-state index is 0.0558. The van der Waals surface area contributed by atoms with Crippen LogP contribution in [-0.2, 0) is 0 Å². The van der Waals surface area contributed by atoms with Crippen LogP contribution in [0.4, 0.5) is 13.2 Å². The summed E-state index contributed by atoms with van der Waals surface area (Å²) in [6.45, 7) is 0. The smallest absolute Gasteiger partial charge is 0.309 e. The van der Waals surface area contributed by atoms with Gasteiger partial charge in [0.2, 0.25) is 0 Å². The summed E-state index contributed by atoms with van der Waals surface area (Å²) in [5.74, 6) is -0.257. The lowest BCUT2D eigenvalue weighted by Crippen LogP contribution is -2.42. The minimum Gasteiger partial charge on any atom is -0.309 e. The minimum atomic E-state index is -4.15. The van der Waals surface area contributed by atoms with E-state index in [4.69, 9.17) is 0 Å². The number of halogens is 3. The number of nitrogens with one attached hydrogen (secondary N) is 1. The monoisotopic (exact) mass is 229 g/mol. The number of benzene rings is 1. The van der Waals surface area contributed by atoms with Crippen molar-refractivity contribution in [2.75, 3.05) is 7.05 Å². The van der Waals surface area contributed by atoms with E-state index < -0.39 is 12.2 Å². The molecule has 1 aromatic carbocycles. The summed E-state index contributed by atoms with van der Waals surface area (Å²) in [7, 11) is 1.37. The van der Waals surface area contributed by atoms with Crippen molar-refractivity contribution < 1.29 is 13.2 Å². The Bertz CT molecular complexity index is 347. The predicted molar refractivity (Wildman–Crippen MR) is 56.2 cm³/mol. The first-order chi connectivity index (χ1) is 7.54. The molecule has 1 aliphatic carbocycles. The normalized spacial score (nSPS) is 26.5. The number of alkyl halides is 3. The van der Waals surface area contributed by atoms with Crippen molar-refractivity contribution in [1.82, 2.24) is 5.32 Å². The fourth-order valence-corrected chi connectivity index (χ4v) is 2.29. The van der Waals surface area contributed by atoms with Gasteiger partial charge in [-0.15, -0.1) is 0 Å². The van der Waals surface area contributed by atoms with Crippen molar-refractivity contribution in [2.24, 2.45) is 5.92 Å². The van der Waals surface area contributed by atoms with E-state index >= 15 is 0 Å². The summed E-state index contributed by atoms with van der Waals surface area (Å²) in [5.41, 5.74) is 1.01. The van der Waals surface area contributed by atoms with Crippen LogP contribution in [0.15, 0.2) is 30.3 Å². The molecule has 0 aliphatic heterocycles. The molecule has 0 radical (unpaired) electrons. The Balaban J connectivity index is 2.06. The molecule has 1 aromatic rings. The van der Waals surface area contributed by atoms with Gasteiger partial charge in [-0.25, -0.2) is 0 Å². The van der Waals surface area contributed by atoms with E-state index in [1.165, 1.54) is 7.05 Å². The molecule has 3 unspecified atom stereocenters. The molecule has 0 bridgehead atoms. The fourth-order valence-electron chi connectivity index (χ4n) is 2.29. The van der Waals surface area contributed by atoms with Gasteiger partial charge in [-0.2, -0.15) is 13.2 Å². The van der Waals surface area contributed by atoms with Gasteiger partial charge in [-0.05, 0) is 30.9 Å². The van der Waals surface area contributed by atoms with E-state index in [9.17, 15) is 13.2 Å². The molecule has 1 nitrogen and oxygen atoms in total. The van der Waals surface area contributed by atoms with Gasteiger partial charge >= 0.3 is 6.18 Å². The summed E-state index contributed by atoms with van der Waals surface area (Å²) in [5, 5.41) is 2.38. The van der Waals surface area contributed by atoms with E-state index in [0.29, 0.717) is 6.42 Å². The van der Waals surface area contributed by atoms with Crippen LogP contribution in [0.2, 0.25) is 0 Å². The van der Waals surface area contributed by atoms with Crippen LogP contribution >= 0.6 is 0 Å². The quantitative estimate of drug-likeness (QED) is 0.840. The van der Waals surface area contributed by atoms with Crippen LogP contribution in [0.25, 0.3) is 0 Å². The average Bonchev–Trinajstić information content (AvgIpc) is 2.98. The van der Waals surface area contributed by atoms with Crippen molar-refractivity contribution in [3.63, 3.8) is 0 Å². The highest BCUT2D eigenvalue weighted by Crippen LogP contribution is 2.52. The summed E-state index contributed by atoms with van der Waals surface area (Å²) in [4.78, 5) is 0. The van der Waals surface area contributed by atoms with Gasteiger partial charge in [0.15, 0.2) is 0 Å². The molecule has 4 heteroatoms. The highest BCUT2D eigenvalue weighted by atomic mass is 19.4. The standard InChI is InChI=1S/C12H14F3N/c1-16-11(12(13,14)15)10-7-9(10)8-5-3-2-4-6-8/h2-6,9-11,16H,7H2,1H3. The second-order valence-electron chi connectivity index (χ2n) is 4.22. The first kappa shape index (κ1) is 11.5. The summed E-state index contributed by atoms with van der Waals surface area (Å²) in [6.07, 6.45) is -3.53. The predicted octanol–water partition coefficient (Wildman–Crippen LogP) is 2.94. The second kappa shape index (κ2) is 4.09. The van der Waals surface area contributed by atoms with Crippen LogP contribution in [0.3, 0.4) is 0 Å². The van der Waals surface area contributed by atoms with E-state index in [1.807, 2.05) is 30.3 Å². The summed E-state index contributed by atoms with van der Waals surface area (Å²) >= 11 is 0. The number of hydrogen-bond donors (Lipinski definition) is 1. The summed E-state index contributed by atoms with van der Waals surface area (Å²) < 4.78 is 37.9. The average molecular weight is 229 g/mol. The Morgan fingerprint density at radius 1 is 1.25 bits per heavy atom. The maximum atomic E-state index is 12.6. The van der Waals surface area contributed by atoms with Gasteiger partial charge in [0.25, 0.3) is 0 Å². The van der Waals surface area contributed by atoms with Gasteiger partial charge in [-0.1, -0.05) is 30.3 Å². The first-order valence-electron chi connectivity index (χ1n) is 5.33. The van der Waals surface area contributed by atoms with Crippen LogP contribution < -0.4 is 5.32 Å². The van der Waals surface area contributed by atoms with Crippen LogP contribution in [0, 0.1) is 5.92 Å². The molecule has 1 fully saturated rings. The molecule has 2 rings (SSSR count). The Morgan fingerprint density at radius 2 is 1.88 bits per heavy atom. The third-order valence-corrected chi connectivity index (χ3v) is 3.16. The number of hydrogen-bond acceptors (Lipinski definition) is 1. The molecule has 1 aliphatic rings. The van der Waals surface area contributed by atoms with Crippen molar-refractivity contribution in [2.45, 2.75) is 24.6 Å². The van der Waals surface area contributed by atoms with Crippen LogP contribution in [0.5, 0.6) is 0 Å². The molecule has 0 spiro atoms. The number of rotatable bonds is 3. The molecule has 0 aromatic heterocycles. The van der Waals surface area contributed by atoms with Crippen molar-refractivity contribution in [1.29, 1.82) is 0 Å². The molecule has 16 heavy (non-hydrogen) atoms. The Labute approximate surface area is 92.7 Å². The SMILES string of the molecule is CNC(C1CC1c1ccccc1)C(F)(F)F. The molecule has 0 saturated heterocycles. The zero-order chi connectivity index (χ0) is 11.8. The maximum Gasteiger partial charge on any atom is 0.404 e. The van der Waals surface area contributed by atoms with Gasteiger partial charge in [0.05, 0.1) is 0 Å². The van der Waals surface area contributed by atoms with Gasteiger partial charge in [0.1, 0.15) is 6.04 Å². The third kappa shape index (κ3) is 2.21. The van der Waals surface area contributed by atoms with E-state index in [1.54, 1.807) is 0 Å². The van der Waals surface area contributed by atoms with Crippen molar-refractivity contribution in [3.8, 4) is 0 Å². The molecule has 1 saturated carbocycles. The van der Waals surface area contributed by atoms with E-state index in [0.717, 1.165) is 5.56 Å². The first-order valence-corrected chi connectivity index (χ1v) is 5.33. The van der Waals surface area contributed by atoms with Gasteiger partial charge in [0, 0.05) is 0 Å². The van der Waals surface area contributed by atoms with Crippen molar-refractivity contribution >= 4 is 0 Å². The zero-order valence-electron chi connectivity index (χ0n) is 8.96. The molecule has 1 N–H and O–H groups in total. The van der Waals surface area contributed by atoms with Gasteiger partial charge in [-0.3, -0.25) is 0 Å². The largest absolute Gasteiger partial charge is 0.404 e. The summed E-state index contributed by atoms with van der Waals surface area (Å²) in [6, 6.07) is 8.03. The highest BCUT2D eigenvalue weighted by molar-refractivity contribution is 5.27. The molecule has 3 atom stereocenters. The molecule has 0 amide bonds. The van der Waals surface area contributed by atoms with Crippen LogP contribution in [0.1, 0.15) is 17.9 Å². The molecule has 88 valence electrons. The molecular formula is C12H14F3N. The Morgan fingerprint density at radius 3 is 2.38 bits per heavy atom. The van der Waals surface area contributed by atoms with Crippen LogP contribution in [-0.4, -0.2) is 19.3 Å². The Hall–Kier alpha value is -1.03. The second-order valence-corrected chi connectivity index (χ2v) is 4.22. The lowest BCUT2D eigenvalue weighted by molar-refractivity contribution is -0.159. The molecular weight excluding hydrogens is 215 g/mol. The highest BCUT2D eigenvalue weighted by Gasteiger charge is 2.53. The third-order valence-electron chi connectivity index (χ3n) is 3.16. The lowest BCUT2D eigenvalue weighted by Gasteiger charge is -2.19. The van der Waals surface area contributed by atoms with Crippen molar-refractivity contribution in [3.05, 3.63) is 35.9 Å². The van der Waals surface area contributed by atoms with E-state index in [-0.39, 0.29) is 11.8 Å². The lowest BCUT2D eigenvalue weighted by atomic mass is 10.1. The van der Waals surface area contributed by atoms with Gasteiger partial charge < -0.3 is 5.32 Å². The zero-order valence-corrected chi connectivity index (χ0v) is 8.96. The molecule has 0 heterocycles. The van der Waals surface area contributed by atoms with E-state index in [2.05, 4.69) is 5.32 Å². The topological polar surface area (TPSA) is 12.0 Å².